The Morgan fingerprint density at radius 2 is 2.33 bits per heavy atom. The van der Waals surface area contributed by atoms with Gasteiger partial charge in [0.05, 0.1) is 7.11 Å². The second-order valence-corrected chi connectivity index (χ2v) is 4.02. The first-order valence-electron chi connectivity index (χ1n) is 5.77. The molecule has 1 unspecified atom stereocenters. The van der Waals surface area contributed by atoms with Crippen LogP contribution in [-0.4, -0.2) is 36.4 Å². The molecule has 0 saturated heterocycles. The number of aromatic nitrogens is 1. The van der Waals surface area contributed by atoms with E-state index in [1.54, 1.807) is 12.3 Å². The van der Waals surface area contributed by atoms with Gasteiger partial charge in [-0.05, 0) is 12.0 Å². The third-order valence-corrected chi connectivity index (χ3v) is 2.41. The molecule has 0 aromatic carbocycles. The number of ether oxygens (including phenoxy) is 1. The summed E-state index contributed by atoms with van der Waals surface area (Å²) in [5.74, 6) is 0.546. The molecule has 0 fully saturated rings. The third kappa shape index (κ3) is 4.58. The van der Waals surface area contributed by atoms with Crippen molar-refractivity contribution in [3.05, 3.63) is 23.9 Å². The average molecular weight is 253 g/mol. The SMILES string of the molecule is COc1ncccc1CNC(=O)NCC(C)CO. The highest BCUT2D eigenvalue weighted by atomic mass is 16.5. The molecule has 0 aliphatic carbocycles. The third-order valence-electron chi connectivity index (χ3n) is 2.41. The minimum absolute atomic E-state index is 0.0451. The Kier molecular flexibility index (Phi) is 5.93. The standard InChI is InChI=1S/C12H19N3O3/c1-9(8-16)6-14-12(17)15-7-10-4-3-5-13-11(10)18-2/h3-5,9,16H,6-8H2,1-2H3,(H2,14,15,17). The highest BCUT2D eigenvalue weighted by Crippen LogP contribution is 2.12. The van der Waals surface area contributed by atoms with Crippen LogP contribution in [0.3, 0.4) is 0 Å². The van der Waals surface area contributed by atoms with E-state index in [-0.39, 0.29) is 18.6 Å². The summed E-state index contributed by atoms with van der Waals surface area (Å²) >= 11 is 0. The van der Waals surface area contributed by atoms with Crippen molar-refractivity contribution in [2.75, 3.05) is 20.3 Å². The monoisotopic (exact) mass is 253 g/mol. The summed E-state index contributed by atoms with van der Waals surface area (Å²) in [4.78, 5) is 15.5. The summed E-state index contributed by atoms with van der Waals surface area (Å²) in [6, 6.07) is 3.34. The first-order chi connectivity index (χ1) is 8.67. The van der Waals surface area contributed by atoms with Gasteiger partial charge in [0, 0.05) is 31.5 Å². The Balaban J connectivity index is 2.38. The Bertz CT molecular complexity index is 385. The van der Waals surface area contributed by atoms with Crippen molar-refractivity contribution in [2.24, 2.45) is 5.92 Å². The van der Waals surface area contributed by atoms with Crippen molar-refractivity contribution >= 4 is 6.03 Å². The molecule has 18 heavy (non-hydrogen) atoms. The molecule has 1 rings (SSSR count). The van der Waals surface area contributed by atoms with E-state index < -0.39 is 0 Å². The van der Waals surface area contributed by atoms with Gasteiger partial charge in [-0.1, -0.05) is 13.0 Å². The van der Waals surface area contributed by atoms with E-state index in [1.807, 2.05) is 13.0 Å². The molecule has 0 radical (unpaired) electrons. The van der Waals surface area contributed by atoms with E-state index in [2.05, 4.69) is 15.6 Å². The molecule has 0 aliphatic heterocycles. The van der Waals surface area contributed by atoms with Gasteiger partial charge in [0.25, 0.3) is 0 Å². The van der Waals surface area contributed by atoms with Crippen molar-refractivity contribution in [2.45, 2.75) is 13.5 Å². The Morgan fingerprint density at radius 1 is 1.56 bits per heavy atom. The van der Waals surface area contributed by atoms with Crippen LogP contribution in [-0.2, 0) is 6.54 Å². The van der Waals surface area contributed by atoms with E-state index in [9.17, 15) is 4.79 Å². The van der Waals surface area contributed by atoms with E-state index in [1.165, 1.54) is 7.11 Å². The summed E-state index contributed by atoms with van der Waals surface area (Å²) in [6.07, 6.45) is 1.63. The van der Waals surface area contributed by atoms with Crippen molar-refractivity contribution in [1.29, 1.82) is 0 Å². The van der Waals surface area contributed by atoms with Crippen molar-refractivity contribution in [3.63, 3.8) is 0 Å². The zero-order chi connectivity index (χ0) is 13.4. The molecule has 1 aromatic heterocycles. The van der Waals surface area contributed by atoms with Gasteiger partial charge < -0.3 is 20.5 Å². The number of amides is 2. The number of urea groups is 1. The van der Waals surface area contributed by atoms with Crippen molar-refractivity contribution in [3.8, 4) is 5.88 Å². The largest absolute Gasteiger partial charge is 0.481 e. The second-order valence-electron chi connectivity index (χ2n) is 4.02. The summed E-state index contributed by atoms with van der Waals surface area (Å²) in [5.41, 5.74) is 0.811. The maximum Gasteiger partial charge on any atom is 0.315 e. The maximum absolute atomic E-state index is 11.5. The number of rotatable bonds is 6. The lowest BCUT2D eigenvalue weighted by Gasteiger charge is -2.11. The molecule has 6 nitrogen and oxygen atoms in total. The van der Waals surface area contributed by atoms with Crippen LogP contribution < -0.4 is 15.4 Å². The number of carbonyl (C=O) groups is 1. The molecule has 0 spiro atoms. The average Bonchev–Trinajstić information content (AvgIpc) is 2.42. The van der Waals surface area contributed by atoms with Crippen LogP contribution in [0.15, 0.2) is 18.3 Å². The number of hydrogen-bond acceptors (Lipinski definition) is 4. The van der Waals surface area contributed by atoms with Gasteiger partial charge >= 0.3 is 6.03 Å². The van der Waals surface area contributed by atoms with Gasteiger partial charge in [-0.15, -0.1) is 0 Å². The fourth-order valence-electron chi connectivity index (χ4n) is 1.31. The van der Waals surface area contributed by atoms with Crippen LogP contribution in [0.25, 0.3) is 0 Å². The normalized spacial score (nSPS) is 11.7. The van der Waals surface area contributed by atoms with E-state index in [0.717, 1.165) is 5.56 Å². The first kappa shape index (κ1) is 14.2. The van der Waals surface area contributed by atoms with Crippen LogP contribution in [0.4, 0.5) is 4.79 Å². The predicted molar refractivity (Wildman–Crippen MR) is 67.3 cm³/mol. The molecule has 2 amide bonds. The zero-order valence-corrected chi connectivity index (χ0v) is 10.6. The number of aliphatic hydroxyl groups is 1. The van der Waals surface area contributed by atoms with Gasteiger partial charge in [0.1, 0.15) is 0 Å². The molecule has 3 N–H and O–H groups in total. The zero-order valence-electron chi connectivity index (χ0n) is 10.6. The van der Waals surface area contributed by atoms with Gasteiger partial charge in [-0.25, -0.2) is 9.78 Å². The molecule has 1 aromatic rings. The summed E-state index contributed by atoms with van der Waals surface area (Å²) in [5, 5.41) is 14.2. The smallest absolute Gasteiger partial charge is 0.315 e. The predicted octanol–water partition coefficient (Wildman–Crippen LogP) is 0.518. The fourth-order valence-corrected chi connectivity index (χ4v) is 1.31. The molecule has 1 atom stereocenters. The molecule has 1 heterocycles. The summed E-state index contributed by atoms with van der Waals surface area (Å²) in [6.45, 7) is 2.68. The number of hydrogen-bond donors (Lipinski definition) is 3. The number of methoxy groups -OCH3 is 1. The Morgan fingerprint density at radius 3 is 3.00 bits per heavy atom. The van der Waals surface area contributed by atoms with Crippen LogP contribution in [0.1, 0.15) is 12.5 Å². The minimum atomic E-state index is -0.277. The van der Waals surface area contributed by atoms with E-state index in [0.29, 0.717) is 19.0 Å². The molecule has 100 valence electrons. The van der Waals surface area contributed by atoms with E-state index in [4.69, 9.17) is 9.84 Å². The molecular weight excluding hydrogens is 234 g/mol. The topological polar surface area (TPSA) is 83.5 Å². The van der Waals surface area contributed by atoms with Crippen molar-refractivity contribution < 1.29 is 14.6 Å². The van der Waals surface area contributed by atoms with Crippen LogP contribution in [0.5, 0.6) is 5.88 Å². The number of aliphatic hydroxyl groups excluding tert-OH is 1. The lowest BCUT2D eigenvalue weighted by Crippen LogP contribution is -2.38. The van der Waals surface area contributed by atoms with Gasteiger partial charge in [-0.3, -0.25) is 0 Å². The molecule has 0 bridgehead atoms. The summed E-state index contributed by atoms with van der Waals surface area (Å²) in [7, 11) is 1.54. The maximum atomic E-state index is 11.5. The highest BCUT2D eigenvalue weighted by Gasteiger charge is 2.06. The van der Waals surface area contributed by atoms with Crippen LogP contribution in [0, 0.1) is 5.92 Å². The lowest BCUT2D eigenvalue weighted by molar-refractivity contribution is 0.221. The van der Waals surface area contributed by atoms with Crippen LogP contribution in [0.2, 0.25) is 0 Å². The van der Waals surface area contributed by atoms with Gasteiger partial charge in [-0.2, -0.15) is 0 Å². The first-order valence-corrected chi connectivity index (χ1v) is 5.77. The Labute approximate surface area is 106 Å². The van der Waals surface area contributed by atoms with Gasteiger partial charge in [0.15, 0.2) is 0 Å². The fraction of sp³-hybridized carbons (Fsp3) is 0.500. The minimum Gasteiger partial charge on any atom is -0.481 e. The molecule has 0 saturated carbocycles. The summed E-state index contributed by atoms with van der Waals surface area (Å²) < 4.78 is 5.08. The number of nitrogens with one attached hydrogen (secondary N) is 2. The Hall–Kier alpha value is -1.82. The number of nitrogens with zero attached hydrogens (tertiary/aromatic N) is 1. The quantitative estimate of drug-likeness (QED) is 0.690. The van der Waals surface area contributed by atoms with E-state index >= 15 is 0 Å². The molecule has 6 heteroatoms. The second kappa shape index (κ2) is 7.50. The van der Waals surface area contributed by atoms with Gasteiger partial charge in [0.2, 0.25) is 5.88 Å². The highest BCUT2D eigenvalue weighted by molar-refractivity contribution is 5.73. The lowest BCUT2D eigenvalue weighted by atomic mass is 10.2. The molecule has 0 aliphatic rings. The van der Waals surface area contributed by atoms with Crippen molar-refractivity contribution in [1.82, 2.24) is 15.6 Å². The number of pyridine rings is 1. The van der Waals surface area contributed by atoms with Crippen LogP contribution >= 0.6 is 0 Å². The molecular formula is C12H19N3O3. The number of carbonyl (C=O) groups excluding carboxylic acids is 1.